The first-order valence-corrected chi connectivity index (χ1v) is 3.88. The fourth-order valence-corrected chi connectivity index (χ4v) is 1.29. The Morgan fingerprint density at radius 1 is 0.938 bits per heavy atom. The van der Waals surface area contributed by atoms with Crippen molar-refractivity contribution in [2.24, 2.45) is 5.92 Å². The van der Waals surface area contributed by atoms with Gasteiger partial charge in [-0.15, -0.1) is 0 Å². The second-order valence-electron chi connectivity index (χ2n) is 3.09. The predicted molar refractivity (Wildman–Crippen MR) is 39.1 cm³/mol. The van der Waals surface area contributed by atoms with Gasteiger partial charge in [-0.3, -0.25) is 0 Å². The predicted octanol–water partition coefficient (Wildman–Crippen LogP) is -1.95. The van der Waals surface area contributed by atoms with Crippen LogP contribution in [0.25, 0.3) is 0 Å². The van der Waals surface area contributed by atoms with E-state index in [-0.39, 0.29) is 183 Å². The fourth-order valence-electron chi connectivity index (χ4n) is 1.29. The first kappa shape index (κ1) is 29.6. The topological polar surface area (TPSA) is 90.2 Å². The van der Waals surface area contributed by atoms with Crippen molar-refractivity contribution < 1.29 is 201 Å². The van der Waals surface area contributed by atoms with Crippen molar-refractivity contribution in [1.29, 1.82) is 0 Å². The van der Waals surface area contributed by atoms with E-state index in [4.69, 9.17) is 14.9 Å². The molecular formula is C7H14Ac4O5. The molecule has 1 aliphatic heterocycles. The van der Waals surface area contributed by atoms with E-state index < -0.39 is 30.5 Å². The van der Waals surface area contributed by atoms with Crippen molar-refractivity contribution in [3.8, 4) is 0 Å². The maximum absolute atomic E-state index is 9.37. The molecule has 5 atom stereocenters. The summed E-state index contributed by atoms with van der Waals surface area (Å²) in [6.07, 6.45) is -4.16. The van der Waals surface area contributed by atoms with E-state index in [2.05, 4.69) is 0 Å². The Morgan fingerprint density at radius 2 is 1.38 bits per heavy atom. The van der Waals surface area contributed by atoms with Gasteiger partial charge in [0.1, 0.15) is 12.2 Å². The van der Waals surface area contributed by atoms with Gasteiger partial charge in [-0.1, -0.05) is 6.92 Å². The van der Waals surface area contributed by atoms with Gasteiger partial charge < -0.3 is 25.2 Å². The SMILES string of the molecule is CC1C(O)C(O)OC(CO)C1O.[Ac].[Ac].[Ac].[Ac]. The van der Waals surface area contributed by atoms with Gasteiger partial charge in [0.15, 0.2) is 6.29 Å². The Balaban J connectivity index is -0.000000180. The minimum atomic E-state index is -1.32. The third-order valence-electron chi connectivity index (χ3n) is 2.24. The molecule has 0 bridgehead atoms. The van der Waals surface area contributed by atoms with Crippen LogP contribution in [-0.2, 0) is 4.74 Å². The van der Waals surface area contributed by atoms with Gasteiger partial charge in [-0.05, 0) is 0 Å². The molecule has 1 aliphatic rings. The van der Waals surface area contributed by atoms with Crippen LogP contribution in [0.5, 0.6) is 0 Å². The van der Waals surface area contributed by atoms with Gasteiger partial charge in [-0.25, -0.2) is 0 Å². The summed E-state index contributed by atoms with van der Waals surface area (Å²) in [6.45, 7) is 1.22. The van der Waals surface area contributed by atoms with Gasteiger partial charge in [0.2, 0.25) is 0 Å². The first-order valence-electron chi connectivity index (χ1n) is 3.88. The van der Waals surface area contributed by atoms with Crippen LogP contribution in [-0.4, -0.2) is 51.6 Å². The van der Waals surface area contributed by atoms with Gasteiger partial charge >= 0.3 is 0 Å². The fraction of sp³-hybridized carbons (Fsp3) is 1.00. The Labute approximate surface area is 238 Å². The van der Waals surface area contributed by atoms with Crippen molar-refractivity contribution >= 4 is 0 Å². The van der Waals surface area contributed by atoms with Gasteiger partial charge in [0, 0.05) is 182 Å². The monoisotopic (exact) mass is 1090 g/mol. The van der Waals surface area contributed by atoms with Crippen LogP contribution in [0.1, 0.15) is 6.92 Å². The first-order chi connectivity index (χ1) is 5.57. The molecule has 1 saturated heterocycles. The van der Waals surface area contributed by atoms with Crippen molar-refractivity contribution in [2.75, 3.05) is 6.61 Å². The molecule has 4 radical (unpaired) electrons. The Morgan fingerprint density at radius 3 is 1.75 bits per heavy atom. The average molecular weight is 1090 g/mol. The molecule has 0 aromatic heterocycles. The van der Waals surface area contributed by atoms with Crippen LogP contribution in [0.2, 0.25) is 0 Å². The van der Waals surface area contributed by atoms with Crippen LogP contribution in [0.4, 0.5) is 0 Å². The second-order valence-corrected chi connectivity index (χ2v) is 3.09. The summed E-state index contributed by atoms with van der Waals surface area (Å²) in [6, 6.07) is 0. The van der Waals surface area contributed by atoms with Crippen molar-refractivity contribution in [3.63, 3.8) is 0 Å². The summed E-state index contributed by atoms with van der Waals surface area (Å²) in [5.41, 5.74) is 0. The molecule has 1 rings (SSSR count). The summed E-state index contributed by atoms with van der Waals surface area (Å²) in [7, 11) is 0. The zero-order valence-corrected chi connectivity index (χ0v) is 28.1. The molecule has 0 aromatic carbocycles. The summed E-state index contributed by atoms with van der Waals surface area (Å²) < 4.78 is 4.74. The maximum Gasteiger partial charge on any atom is 0.181 e. The van der Waals surface area contributed by atoms with Crippen LogP contribution >= 0.6 is 0 Å². The van der Waals surface area contributed by atoms with Crippen LogP contribution in [0.3, 0.4) is 0 Å². The number of aliphatic hydroxyl groups is 4. The van der Waals surface area contributed by atoms with Crippen LogP contribution in [0.15, 0.2) is 0 Å². The molecule has 1 fully saturated rings. The molecule has 16 heavy (non-hydrogen) atoms. The van der Waals surface area contributed by atoms with Gasteiger partial charge in [0.05, 0.1) is 12.7 Å². The molecule has 1 heterocycles. The second kappa shape index (κ2) is 15.5. The molecule has 9 heteroatoms. The third-order valence-corrected chi connectivity index (χ3v) is 2.24. The molecule has 0 saturated carbocycles. The number of hydrogen-bond donors (Lipinski definition) is 4. The van der Waals surface area contributed by atoms with E-state index in [9.17, 15) is 10.2 Å². The Bertz CT molecular complexity index is 159. The normalized spacial score (nSPS) is 36.9. The molecule has 0 spiro atoms. The Kier molecular flexibility index (Phi) is 28.6. The number of aliphatic hydroxyl groups excluding tert-OH is 4. The van der Waals surface area contributed by atoms with E-state index >= 15 is 0 Å². The third kappa shape index (κ3) is 8.88. The summed E-state index contributed by atoms with van der Waals surface area (Å²) >= 11 is 0. The van der Waals surface area contributed by atoms with Crippen LogP contribution in [0, 0.1) is 182 Å². The molecule has 5 nitrogen and oxygen atoms in total. The van der Waals surface area contributed by atoms with Crippen molar-refractivity contribution in [2.45, 2.75) is 31.5 Å². The van der Waals surface area contributed by atoms with Gasteiger partial charge in [0.25, 0.3) is 0 Å². The molecule has 4 N–H and O–H groups in total. The number of rotatable bonds is 1. The molecule has 0 amide bonds. The van der Waals surface area contributed by atoms with E-state index in [0.29, 0.717) is 0 Å². The van der Waals surface area contributed by atoms with E-state index in [1.54, 1.807) is 6.92 Å². The van der Waals surface area contributed by atoms with Crippen LogP contribution < -0.4 is 0 Å². The summed E-state index contributed by atoms with van der Waals surface area (Å²) in [4.78, 5) is 0. The quantitative estimate of drug-likeness (QED) is 0.246. The van der Waals surface area contributed by atoms with Crippen molar-refractivity contribution in [1.82, 2.24) is 0 Å². The van der Waals surface area contributed by atoms with E-state index in [0.717, 1.165) is 0 Å². The van der Waals surface area contributed by atoms with Crippen molar-refractivity contribution in [3.05, 3.63) is 0 Å². The summed E-state index contributed by atoms with van der Waals surface area (Å²) in [5, 5.41) is 36.4. The van der Waals surface area contributed by atoms with Gasteiger partial charge in [-0.2, -0.15) is 0 Å². The standard InChI is InChI=1S/C7H14O5.4Ac/c1-3-5(9)4(2-8)12-7(11)6(3)10;;;;/h3-11H,2H2,1H3;;;;. The molecule has 0 aliphatic carbocycles. The zero-order chi connectivity index (χ0) is 9.30. The largest absolute Gasteiger partial charge is 0.394 e. The molecule has 5 unspecified atom stereocenters. The maximum atomic E-state index is 9.37. The smallest absolute Gasteiger partial charge is 0.181 e. The minimum absolute atomic E-state index is 0. The Hall–Kier alpha value is 5.57. The number of hydrogen-bond acceptors (Lipinski definition) is 5. The molecule has 84 valence electrons. The zero-order valence-electron chi connectivity index (χ0n) is 9.10. The average Bonchev–Trinajstić information content (AvgIpc) is 2.08. The summed E-state index contributed by atoms with van der Waals surface area (Å²) in [5.74, 6) is -0.495. The van der Waals surface area contributed by atoms with E-state index in [1.807, 2.05) is 0 Å². The molecule has 0 aromatic rings. The number of ether oxygens (including phenoxy) is 1. The van der Waals surface area contributed by atoms with E-state index in [1.165, 1.54) is 0 Å². The molecular weight excluding hydrogens is 1070 g/mol. The minimum Gasteiger partial charge on any atom is -0.394 e.